The van der Waals surface area contributed by atoms with Crippen LogP contribution in [0.1, 0.15) is 18.4 Å². The normalized spacial score (nSPS) is 23.2. The zero-order chi connectivity index (χ0) is 15.5. The molecule has 1 fully saturated rings. The summed E-state index contributed by atoms with van der Waals surface area (Å²) in [5.74, 6) is 1.39. The third-order valence-electron chi connectivity index (χ3n) is 3.32. The Morgan fingerprint density at radius 1 is 1.48 bits per heavy atom. The highest BCUT2D eigenvalue weighted by atomic mass is 79.9. The first kappa shape index (κ1) is 15.3. The summed E-state index contributed by atoms with van der Waals surface area (Å²) < 4.78 is 10.6. The summed E-state index contributed by atoms with van der Waals surface area (Å²) in [5, 5.41) is 0. The van der Waals surface area contributed by atoms with Crippen molar-refractivity contribution in [2.75, 3.05) is 7.11 Å². The van der Waals surface area contributed by atoms with E-state index in [1.807, 2.05) is 30.3 Å². The van der Waals surface area contributed by atoms with Crippen LogP contribution in [0, 0.1) is 17.8 Å². The molecule has 0 amide bonds. The van der Waals surface area contributed by atoms with Crippen LogP contribution in [0.15, 0.2) is 36.1 Å². The number of benzene rings is 1. The van der Waals surface area contributed by atoms with E-state index in [4.69, 9.17) is 15.9 Å². The van der Waals surface area contributed by atoms with E-state index < -0.39 is 17.4 Å². The molecule has 1 heterocycles. The first-order valence-electron chi connectivity index (χ1n) is 6.23. The summed E-state index contributed by atoms with van der Waals surface area (Å²) >= 11 is 3.41. The molecule has 0 aliphatic carbocycles. The Bertz CT molecular complexity index is 642. The van der Waals surface area contributed by atoms with Crippen molar-refractivity contribution in [2.24, 2.45) is 5.41 Å². The van der Waals surface area contributed by atoms with Gasteiger partial charge in [-0.3, -0.25) is 9.59 Å². The van der Waals surface area contributed by atoms with Crippen LogP contribution in [0.2, 0.25) is 0 Å². The van der Waals surface area contributed by atoms with Crippen LogP contribution in [-0.2, 0) is 19.1 Å². The van der Waals surface area contributed by atoms with E-state index in [0.29, 0.717) is 10.2 Å². The third-order valence-corrected chi connectivity index (χ3v) is 4.22. The summed E-state index contributed by atoms with van der Waals surface area (Å²) in [5.41, 5.74) is -0.603. The summed E-state index contributed by atoms with van der Waals surface area (Å²) in [6, 6.07) is 9.34. The smallest absolute Gasteiger partial charge is 0.330 e. The van der Waals surface area contributed by atoms with Crippen LogP contribution >= 0.6 is 15.9 Å². The van der Waals surface area contributed by atoms with Gasteiger partial charge in [-0.2, -0.15) is 0 Å². The molecule has 1 aromatic carbocycles. The van der Waals surface area contributed by atoms with Gasteiger partial charge in [-0.1, -0.05) is 30.3 Å². The highest BCUT2D eigenvalue weighted by Gasteiger charge is 2.54. The van der Waals surface area contributed by atoms with Gasteiger partial charge in [0.25, 0.3) is 0 Å². The van der Waals surface area contributed by atoms with Gasteiger partial charge >= 0.3 is 11.9 Å². The second-order valence-corrected chi connectivity index (χ2v) is 5.42. The monoisotopic (exact) mass is 348 g/mol. The van der Waals surface area contributed by atoms with Gasteiger partial charge in [-0.25, -0.2) is 0 Å². The lowest BCUT2D eigenvalue weighted by molar-refractivity contribution is -0.162. The van der Waals surface area contributed by atoms with Crippen LogP contribution in [0.3, 0.4) is 0 Å². The minimum Gasteiger partial charge on any atom is -0.468 e. The molecule has 0 radical (unpaired) electrons. The maximum atomic E-state index is 12.2. The minimum atomic E-state index is -1.45. The summed E-state index contributed by atoms with van der Waals surface area (Å²) in [7, 11) is 1.22. The largest absolute Gasteiger partial charge is 0.468 e. The zero-order valence-corrected chi connectivity index (χ0v) is 13.0. The maximum absolute atomic E-state index is 12.2. The minimum absolute atomic E-state index is 0.0585. The molecule has 1 unspecified atom stereocenters. The van der Waals surface area contributed by atoms with Gasteiger partial charge in [0.15, 0.2) is 5.41 Å². The summed E-state index contributed by atoms with van der Waals surface area (Å²) in [6.07, 6.45) is 5.31. The standard InChI is InChI=1S/C16H13BrO4/c1-3-9-16(14(18)20-2)10-12(21-15(16)19)13(17)11-7-5-4-6-8-11/h1,4-8H,9-10H2,2H3/b13-12-. The van der Waals surface area contributed by atoms with Crippen LogP contribution < -0.4 is 0 Å². The molecule has 0 aromatic heterocycles. The second-order valence-electron chi connectivity index (χ2n) is 4.62. The van der Waals surface area contributed by atoms with Crippen LogP contribution in [0.25, 0.3) is 4.48 Å². The molecule has 2 rings (SSSR count). The number of rotatable bonds is 3. The molecular formula is C16H13BrO4. The number of terminal acetylenes is 1. The van der Waals surface area contributed by atoms with Gasteiger partial charge in [0.05, 0.1) is 11.6 Å². The van der Waals surface area contributed by atoms with Crippen molar-refractivity contribution in [2.45, 2.75) is 12.8 Å². The number of cyclic esters (lactones) is 1. The Balaban J connectivity index is 2.42. The lowest BCUT2D eigenvalue weighted by Gasteiger charge is -2.17. The lowest BCUT2D eigenvalue weighted by Crippen LogP contribution is -2.36. The van der Waals surface area contributed by atoms with Crippen molar-refractivity contribution in [3.63, 3.8) is 0 Å². The number of methoxy groups -OCH3 is 1. The van der Waals surface area contributed by atoms with Gasteiger partial charge in [0.2, 0.25) is 0 Å². The van der Waals surface area contributed by atoms with E-state index in [0.717, 1.165) is 5.56 Å². The molecule has 0 bridgehead atoms. The maximum Gasteiger partial charge on any atom is 0.330 e. The van der Waals surface area contributed by atoms with Gasteiger partial charge < -0.3 is 9.47 Å². The fourth-order valence-corrected chi connectivity index (χ4v) is 2.68. The van der Waals surface area contributed by atoms with E-state index in [2.05, 4.69) is 21.9 Å². The van der Waals surface area contributed by atoms with E-state index in [1.165, 1.54) is 7.11 Å². The molecule has 4 nitrogen and oxygen atoms in total. The molecule has 108 valence electrons. The highest BCUT2D eigenvalue weighted by Crippen LogP contribution is 2.44. The number of carbonyl (C=O) groups is 2. The number of halogens is 1. The summed E-state index contributed by atoms with van der Waals surface area (Å²) in [6.45, 7) is 0. The van der Waals surface area contributed by atoms with Crippen LogP contribution in [-0.4, -0.2) is 19.0 Å². The Labute approximate surface area is 131 Å². The molecule has 0 spiro atoms. The molecule has 5 heteroatoms. The van der Waals surface area contributed by atoms with Crippen LogP contribution in [0.5, 0.6) is 0 Å². The Morgan fingerprint density at radius 2 is 2.14 bits per heavy atom. The number of hydrogen-bond acceptors (Lipinski definition) is 4. The van der Waals surface area contributed by atoms with Crippen molar-refractivity contribution in [1.82, 2.24) is 0 Å². The van der Waals surface area contributed by atoms with Crippen molar-refractivity contribution in [1.29, 1.82) is 0 Å². The topological polar surface area (TPSA) is 52.6 Å². The van der Waals surface area contributed by atoms with Crippen LogP contribution in [0.4, 0.5) is 0 Å². The number of ether oxygens (including phenoxy) is 2. The third kappa shape index (κ3) is 2.72. The SMILES string of the molecule is C#CCC1(C(=O)OC)C/C(=C(/Br)c2ccccc2)OC1=O. The molecule has 1 atom stereocenters. The van der Waals surface area contributed by atoms with E-state index in [1.54, 1.807) is 0 Å². The van der Waals surface area contributed by atoms with Gasteiger partial charge in [-0.05, 0) is 21.5 Å². The molecule has 0 saturated carbocycles. The first-order valence-corrected chi connectivity index (χ1v) is 7.02. The van der Waals surface area contributed by atoms with E-state index in [-0.39, 0.29) is 12.8 Å². The molecular weight excluding hydrogens is 336 g/mol. The van der Waals surface area contributed by atoms with Gasteiger partial charge in [-0.15, -0.1) is 12.3 Å². The van der Waals surface area contributed by atoms with E-state index in [9.17, 15) is 9.59 Å². The van der Waals surface area contributed by atoms with E-state index >= 15 is 0 Å². The summed E-state index contributed by atoms with van der Waals surface area (Å²) in [4.78, 5) is 24.1. The quantitative estimate of drug-likeness (QED) is 0.478. The predicted octanol–water partition coefficient (Wildman–Crippen LogP) is 2.88. The average Bonchev–Trinajstić information content (AvgIpc) is 2.85. The molecule has 1 saturated heterocycles. The van der Waals surface area contributed by atoms with Crippen molar-refractivity contribution in [3.8, 4) is 12.3 Å². The number of carbonyl (C=O) groups excluding carboxylic acids is 2. The Kier molecular flexibility index (Phi) is 4.49. The second kappa shape index (κ2) is 6.15. The molecule has 1 aliphatic rings. The van der Waals surface area contributed by atoms with Gasteiger partial charge in [0.1, 0.15) is 5.76 Å². The number of hydrogen-bond donors (Lipinski definition) is 0. The highest BCUT2D eigenvalue weighted by molar-refractivity contribution is 9.15. The van der Waals surface area contributed by atoms with Crippen molar-refractivity contribution in [3.05, 3.63) is 41.7 Å². The Hall–Kier alpha value is -2.06. The fraction of sp³-hybridized carbons (Fsp3) is 0.250. The molecule has 1 aliphatic heterocycles. The van der Waals surface area contributed by atoms with Crippen molar-refractivity contribution < 1.29 is 19.1 Å². The van der Waals surface area contributed by atoms with Crippen molar-refractivity contribution >= 4 is 32.4 Å². The number of allylic oxidation sites excluding steroid dienone is 1. The predicted molar refractivity (Wildman–Crippen MR) is 80.9 cm³/mol. The zero-order valence-electron chi connectivity index (χ0n) is 11.4. The molecule has 1 aromatic rings. The number of esters is 2. The average molecular weight is 349 g/mol. The first-order chi connectivity index (χ1) is 10.0. The molecule has 21 heavy (non-hydrogen) atoms. The van der Waals surface area contributed by atoms with Gasteiger partial charge in [0, 0.05) is 12.8 Å². The molecule has 0 N–H and O–H groups in total. The fourth-order valence-electron chi connectivity index (χ4n) is 2.19. The Morgan fingerprint density at radius 3 is 2.71 bits per heavy atom. The lowest BCUT2D eigenvalue weighted by atomic mass is 9.82.